The van der Waals surface area contributed by atoms with Crippen molar-refractivity contribution in [3.63, 3.8) is 0 Å². The van der Waals surface area contributed by atoms with Crippen molar-refractivity contribution in [1.29, 1.82) is 0 Å². The van der Waals surface area contributed by atoms with Gasteiger partial charge in [0.15, 0.2) is 0 Å². The van der Waals surface area contributed by atoms with Gasteiger partial charge in [0, 0.05) is 48.5 Å². The third kappa shape index (κ3) is 6.11. The van der Waals surface area contributed by atoms with Gasteiger partial charge in [0.1, 0.15) is 0 Å². The summed E-state index contributed by atoms with van der Waals surface area (Å²) in [7, 11) is 0. The van der Waals surface area contributed by atoms with Crippen LogP contribution in [0.1, 0.15) is 124 Å². The predicted molar refractivity (Wildman–Crippen MR) is 324 cm³/mol. The zero-order valence-corrected chi connectivity index (χ0v) is 45.7. The number of thiophene rings is 1. The van der Waals surface area contributed by atoms with Gasteiger partial charge in [-0.05, 0) is 151 Å². The van der Waals surface area contributed by atoms with Crippen LogP contribution < -0.4 is 20.0 Å². The second-order valence-corrected chi connectivity index (χ2v) is 25.5. The molecule has 2 aliphatic carbocycles. The number of hydrogen-bond donors (Lipinski definition) is 0. The summed E-state index contributed by atoms with van der Waals surface area (Å²) in [6, 6.07) is 75.5. The highest BCUT2D eigenvalue weighted by Crippen LogP contribution is 2.64. The number of benzene rings is 9. The number of para-hydroxylation sites is 2. The maximum atomic E-state index is 2.84. The molecule has 0 atom stereocenters. The third-order valence-electron chi connectivity index (χ3n) is 18.9. The van der Waals surface area contributed by atoms with E-state index < -0.39 is 5.41 Å². The van der Waals surface area contributed by atoms with E-state index in [-0.39, 0.29) is 23.1 Å². The molecule has 0 saturated heterocycles. The molecule has 1 aromatic heterocycles. The Kier molecular flexibility index (Phi) is 9.86. The lowest BCUT2D eigenvalue weighted by Crippen LogP contribution is -2.62. The molecule has 0 fully saturated rings. The first-order valence-electron chi connectivity index (χ1n) is 28.0. The predicted octanol–water partition coefficient (Wildman–Crippen LogP) is 18.0. The SMILES string of the molecule is CCCCc1ccc(N2c3cc4c(c5c3B(c3sc6cc7c(cc6c32)C(C)(C)CCC7(C)C)N2c3ccccc3C(c3ccccc3)(c3ccccc3)c3cccc-5c32)C(C)(C)c2ccccc2-4)c(-c2ccccc2)c1. The second-order valence-electron chi connectivity index (χ2n) is 24.4. The van der Waals surface area contributed by atoms with Crippen LogP contribution in [-0.4, -0.2) is 6.85 Å². The number of nitrogens with zero attached hydrogens (tertiary/aromatic N) is 2. The summed E-state index contributed by atoms with van der Waals surface area (Å²) in [5.74, 6) is 0. The Balaban J connectivity index is 1.15. The van der Waals surface area contributed by atoms with Crippen LogP contribution in [0.5, 0.6) is 0 Å². The van der Waals surface area contributed by atoms with Crippen molar-refractivity contribution in [2.75, 3.05) is 9.71 Å². The molecular formula is C72H63BN2S. The highest BCUT2D eigenvalue weighted by molar-refractivity contribution is 7.32. The number of fused-ring (bicyclic) bond motifs is 13. The van der Waals surface area contributed by atoms with Crippen LogP contribution in [0.4, 0.5) is 28.4 Å². The normalized spacial score (nSPS) is 17.0. The summed E-state index contributed by atoms with van der Waals surface area (Å²) >= 11 is 2.05. The lowest BCUT2D eigenvalue weighted by Gasteiger charge is -2.53. The Morgan fingerprint density at radius 2 is 1.12 bits per heavy atom. The minimum Gasteiger partial charge on any atom is -0.375 e. The fourth-order valence-electron chi connectivity index (χ4n) is 15.2. The van der Waals surface area contributed by atoms with Crippen LogP contribution in [-0.2, 0) is 28.1 Å². The molecule has 0 amide bonds. The molecule has 10 aromatic rings. The zero-order valence-electron chi connectivity index (χ0n) is 44.9. The van der Waals surface area contributed by atoms with Gasteiger partial charge in [-0.15, -0.1) is 11.3 Å². The number of rotatable bonds is 7. The van der Waals surface area contributed by atoms with Crippen LogP contribution in [0, 0.1) is 0 Å². The maximum Gasteiger partial charge on any atom is 0.343 e. The van der Waals surface area contributed by atoms with E-state index in [0.29, 0.717) is 0 Å². The van der Waals surface area contributed by atoms with Crippen LogP contribution in [0.15, 0.2) is 194 Å². The molecule has 4 heterocycles. The van der Waals surface area contributed by atoms with E-state index in [1.807, 2.05) is 0 Å². The highest BCUT2D eigenvalue weighted by atomic mass is 32.1. The Morgan fingerprint density at radius 1 is 0.500 bits per heavy atom. The Hall–Kier alpha value is -7.40. The molecule has 370 valence electrons. The van der Waals surface area contributed by atoms with Gasteiger partial charge in [0.2, 0.25) is 0 Å². The standard InChI is InChI=1S/C72H63BN2S/c1-8-9-24-45-37-38-59(51(41-45)46-25-13-10-14-26-46)74-61-43-52-49-31-19-20-33-54(49)71(6,7)64(52)63-50-32-23-35-56-66(50)75(60-36-22-21-34-55(60)72(56,47-27-15-11-16-28-47)48-29-17-12-18-30-48)73(65(61)63)68-67(74)53-42-57-58(44-62(53)76-68)70(4,5)40-39-69(57,2)3/h10-23,25-38,41-44H,8-9,24,39-40H2,1-7H3. The molecule has 0 bridgehead atoms. The van der Waals surface area contributed by atoms with E-state index in [2.05, 4.69) is 264 Å². The van der Waals surface area contributed by atoms with Gasteiger partial charge < -0.3 is 9.71 Å². The molecule has 0 saturated carbocycles. The molecule has 9 aromatic carbocycles. The Morgan fingerprint density at radius 3 is 1.83 bits per heavy atom. The van der Waals surface area contributed by atoms with E-state index in [1.165, 1.54) is 139 Å². The first kappa shape index (κ1) is 46.0. The average molecular weight is 999 g/mol. The van der Waals surface area contributed by atoms with Crippen molar-refractivity contribution in [1.82, 2.24) is 0 Å². The summed E-state index contributed by atoms with van der Waals surface area (Å²) < 4.78 is 2.78. The van der Waals surface area contributed by atoms with Gasteiger partial charge in [-0.3, -0.25) is 0 Å². The molecule has 4 heteroatoms. The lowest BCUT2D eigenvalue weighted by molar-refractivity contribution is 0.332. The van der Waals surface area contributed by atoms with Gasteiger partial charge in [-0.2, -0.15) is 0 Å². The molecule has 5 aliphatic rings. The number of unbranched alkanes of at least 4 members (excludes halogenated alkanes) is 1. The molecule has 76 heavy (non-hydrogen) atoms. The minimum atomic E-state index is -0.595. The van der Waals surface area contributed by atoms with Gasteiger partial charge in [-0.1, -0.05) is 213 Å². The lowest BCUT2D eigenvalue weighted by atomic mass is 9.44. The summed E-state index contributed by atoms with van der Waals surface area (Å²) in [5.41, 5.74) is 27.5. The van der Waals surface area contributed by atoms with Crippen LogP contribution in [0.25, 0.3) is 43.5 Å². The molecule has 0 N–H and O–H groups in total. The fourth-order valence-corrected chi connectivity index (χ4v) is 16.5. The summed E-state index contributed by atoms with van der Waals surface area (Å²) in [4.78, 5) is 5.61. The number of hydrogen-bond acceptors (Lipinski definition) is 3. The molecule has 2 nitrogen and oxygen atoms in total. The van der Waals surface area contributed by atoms with E-state index in [0.717, 1.165) is 25.7 Å². The topological polar surface area (TPSA) is 6.48 Å². The van der Waals surface area contributed by atoms with E-state index in [4.69, 9.17) is 0 Å². The van der Waals surface area contributed by atoms with Crippen molar-refractivity contribution in [2.24, 2.45) is 0 Å². The largest absolute Gasteiger partial charge is 0.375 e. The fraction of sp³-hybridized carbons (Fsp3) is 0.222. The molecular weight excluding hydrogens is 936 g/mol. The third-order valence-corrected chi connectivity index (χ3v) is 20.1. The van der Waals surface area contributed by atoms with Crippen molar-refractivity contribution >= 4 is 66.9 Å². The first-order valence-corrected chi connectivity index (χ1v) is 28.8. The van der Waals surface area contributed by atoms with Crippen LogP contribution >= 0.6 is 11.3 Å². The molecule has 15 rings (SSSR count). The zero-order chi connectivity index (χ0) is 51.5. The van der Waals surface area contributed by atoms with E-state index in [9.17, 15) is 0 Å². The van der Waals surface area contributed by atoms with Crippen LogP contribution in [0.3, 0.4) is 0 Å². The van der Waals surface area contributed by atoms with Gasteiger partial charge >= 0.3 is 6.85 Å². The second kappa shape index (κ2) is 16.3. The molecule has 3 aliphatic heterocycles. The van der Waals surface area contributed by atoms with Gasteiger partial charge in [0.05, 0.1) is 16.8 Å². The molecule has 0 unspecified atom stereocenters. The summed E-state index contributed by atoms with van der Waals surface area (Å²) in [6.07, 6.45) is 5.73. The Labute approximate surface area is 453 Å². The van der Waals surface area contributed by atoms with E-state index >= 15 is 0 Å². The van der Waals surface area contributed by atoms with Crippen molar-refractivity contribution in [2.45, 2.75) is 102 Å². The van der Waals surface area contributed by atoms with Crippen molar-refractivity contribution in [3.8, 4) is 33.4 Å². The summed E-state index contributed by atoms with van der Waals surface area (Å²) in [5, 5.41) is 1.36. The monoisotopic (exact) mass is 998 g/mol. The molecule has 0 spiro atoms. The quantitative estimate of drug-likeness (QED) is 0.147. The van der Waals surface area contributed by atoms with E-state index in [1.54, 1.807) is 0 Å². The van der Waals surface area contributed by atoms with Crippen molar-refractivity contribution in [3.05, 3.63) is 244 Å². The number of anilines is 5. The van der Waals surface area contributed by atoms with Gasteiger partial charge in [-0.25, -0.2) is 0 Å². The molecule has 0 radical (unpaired) electrons. The number of aryl methyl sites for hydroxylation is 1. The van der Waals surface area contributed by atoms with Crippen molar-refractivity contribution < 1.29 is 0 Å². The summed E-state index contributed by atoms with van der Waals surface area (Å²) in [6.45, 7) is 17.1. The van der Waals surface area contributed by atoms with Crippen LogP contribution in [0.2, 0.25) is 0 Å². The minimum absolute atomic E-state index is 0.0351. The Bertz CT molecular complexity index is 3990. The smallest absolute Gasteiger partial charge is 0.343 e. The average Bonchev–Trinajstić information content (AvgIpc) is 4.09. The van der Waals surface area contributed by atoms with Gasteiger partial charge in [0.25, 0.3) is 0 Å². The first-order chi connectivity index (χ1) is 36.9. The highest BCUT2D eigenvalue weighted by Gasteiger charge is 2.56. The maximum absolute atomic E-state index is 2.84.